The Morgan fingerprint density at radius 1 is 1.40 bits per heavy atom. The maximum Gasteiger partial charge on any atom is 0.290 e. The number of carbonyl (C=O) groups is 1. The minimum absolute atomic E-state index is 0.0209. The van der Waals surface area contributed by atoms with Crippen molar-refractivity contribution in [2.24, 2.45) is 0 Å². The number of hydrogen-bond acceptors (Lipinski definition) is 4. The van der Waals surface area contributed by atoms with E-state index in [1.807, 2.05) is 36.1 Å². The van der Waals surface area contributed by atoms with Crippen LogP contribution in [0, 0.1) is 6.92 Å². The number of fused-ring (bicyclic) bond motifs is 3. The molecule has 5 heteroatoms. The molecular weight excluding hydrogens is 318 g/mol. The lowest BCUT2D eigenvalue weighted by Gasteiger charge is -2.30. The Morgan fingerprint density at radius 3 is 3.04 bits per heavy atom. The highest BCUT2D eigenvalue weighted by atomic mass is 16.5. The zero-order valence-corrected chi connectivity index (χ0v) is 14.4. The van der Waals surface area contributed by atoms with Gasteiger partial charge in [-0.2, -0.15) is 0 Å². The zero-order chi connectivity index (χ0) is 17.4. The van der Waals surface area contributed by atoms with Crippen molar-refractivity contribution >= 4 is 16.9 Å². The zero-order valence-electron chi connectivity index (χ0n) is 14.4. The molecule has 2 aliphatic rings. The SMILES string of the molecule is C=CCO[C@@H]1[C@H]2CC[C@H]1OCCN2C(=O)c1oc2ccccc2c1C. The van der Waals surface area contributed by atoms with E-state index in [1.165, 1.54) is 0 Å². The summed E-state index contributed by atoms with van der Waals surface area (Å²) in [5, 5.41) is 0.987. The number of aryl methyl sites for hydroxylation is 1. The molecule has 132 valence electrons. The highest BCUT2D eigenvalue weighted by Gasteiger charge is 2.45. The second kappa shape index (κ2) is 6.65. The van der Waals surface area contributed by atoms with Crippen LogP contribution in [-0.4, -0.2) is 48.8 Å². The number of rotatable bonds is 4. The van der Waals surface area contributed by atoms with E-state index in [0.29, 0.717) is 25.5 Å². The maximum atomic E-state index is 13.3. The number of carbonyl (C=O) groups excluding carboxylic acids is 1. The quantitative estimate of drug-likeness (QED) is 0.801. The molecule has 1 amide bonds. The molecule has 1 aromatic carbocycles. The first-order valence-electron chi connectivity index (χ1n) is 8.84. The Balaban J connectivity index is 1.65. The topological polar surface area (TPSA) is 51.9 Å². The fourth-order valence-corrected chi connectivity index (χ4v) is 4.05. The third-order valence-corrected chi connectivity index (χ3v) is 5.26. The Morgan fingerprint density at radius 2 is 2.24 bits per heavy atom. The van der Waals surface area contributed by atoms with Gasteiger partial charge in [0.15, 0.2) is 5.76 Å². The smallest absolute Gasteiger partial charge is 0.290 e. The van der Waals surface area contributed by atoms with Crippen molar-refractivity contribution in [1.82, 2.24) is 4.90 Å². The lowest BCUT2D eigenvalue weighted by molar-refractivity contribution is -0.0435. The summed E-state index contributed by atoms with van der Waals surface area (Å²) in [5.41, 5.74) is 1.64. The van der Waals surface area contributed by atoms with Crippen LogP contribution in [0.2, 0.25) is 0 Å². The average molecular weight is 341 g/mol. The molecule has 0 N–H and O–H groups in total. The van der Waals surface area contributed by atoms with E-state index in [0.717, 1.165) is 29.4 Å². The summed E-state index contributed by atoms with van der Waals surface area (Å²) >= 11 is 0. The molecule has 2 bridgehead atoms. The Kier molecular flexibility index (Phi) is 4.36. The number of hydrogen-bond donors (Lipinski definition) is 0. The minimum atomic E-state index is -0.103. The predicted octanol–water partition coefficient (Wildman–Crippen LogP) is 3.32. The third-order valence-electron chi connectivity index (χ3n) is 5.26. The highest BCUT2D eigenvalue weighted by Crippen LogP contribution is 2.34. The molecule has 0 spiro atoms. The van der Waals surface area contributed by atoms with Gasteiger partial charge in [-0.05, 0) is 25.8 Å². The molecular formula is C20H23NO4. The van der Waals surface area contributed by atoms with Crippen LogP contribution in [-0.2, 0) is 9.47 Å². The molecule has 2 heterocycles. The lowest BCUT2D eigenvalue weighted by atomic mass is 10.1. The molecule has 2 fully saturated rings. The fourth-order valence-electron chi connectivity index (χ4n) is 4.05. The van der Waals surface area contributed by atoms with Crippen molar-refractivity contribution in [3.63, 3.8) is 0 Å². The van der Waals surface area contributed by atoms with Crippen LogP contribution in [0.1, 0.15) is 29.0 Å². The van der Waals surface area contributed by atoms with Crippen LogP contribution in [0.15, 0.2) is 41.3 Å². The van der Waals surface area contributed by atoms with Crippen molar-refractivity contribution in [2.45, 2.75) is 38.0 Å². The Labute approximate surface area is 147 Å². The summed E-state index contributed by atoms with van der Waals surface area (Å²) < 4.78 is 17.8. The van der Waals surface area contributed by atoms with Gasteiger partial charge in [0.1, 0.15) is 11.7 Å². The van der Waals surface area contributed by atoms with Crippen LogP contribution < -0.4 is 0 Å². The van der Waals surface area contributed by atoms with Gasteiger partial charge in [-0.1, -0.05) is 24.3 Å². The first kappa shape index (κ1) is 16.4. The maximum absolute atomic E-state index is 13.3. The van der Waals surface area contributed by atoms with Crippen molar-refractivity contribution in [3.05, 3.63) is 48.2 Å². The van der Waals surface area contributed by atoms with Gasteiger partial charge < -0.3 is 18.8 Å². The van der Waals surface area contributed by atoms with E-state index in [4.69, 9.17) is 13.9 Å². The molecule has 0 unspecified atom stereocenters. The van der Waals surface area contributed by atoms with Crippen molar-refractivity contribution < 1.29 is 18.7 Å². The van der Waals surface area contributed by atoms with Crippen LogP contribution >= 0.6 is 0 Å². The van der Waals surface area contributed by atoms with E-state index < -0.39 is 0 Å². The summed E-state index contributed by atoms with van der Waals surface area (Å²) in [6, 6.07) is 7.77. The molecule has 3 atom stereocenters. The van der Waals surface area contributed by atoms with Gasteiger partial charge in [0.2, 0.25) is 0 Å². The minimum Gasteiger partial charge on any atom is -0.451 e. The molecule has 0 radical (unpaired) electrons. The van der Waals surface area contributed by atoms with Crippen molar-refractivity contribution in [3.8, 4) is 0 Å². The second-order valence-electron chi connectivity index (χ2n) is 6.69. The summed E-state index contributed by atoms with van der Waals surface area (Å²) in [4.78, 5) is 15.1. The molecule has 1 saturated carbocycles. The number of amides is 1. The summed E-state index contributed by atoms with van der Waals surface area (Å²) in [6.45, 7) is 7.21. The van der Waals surface area contributed by atoms with Crippen LogP contribution in [0.4, 0.5) is 0 Å². The standard InChI is InChI=1S/C20H23NO4/c1-3-11-24-19-15-8-9-17(19)23-12-10-21(15)20(22)18-13(2)14-6-4-5-7-16(14)25-18/h3-7,15,17,19H,1,8-12H2,2H3/t15-,17-,19-/m1/s1. The average Bonchev–Trinajstić information content (AvgIpc) is 3.10. The van der Waals surface area contributed by atoms with E-state index in [-0.39, 0.29) is 24.2 Å². The second-order valence-corrected chi connectivity index (χ2v) is 6.69. The number of ether oxygens (including phenoxy) is 2. The fraction of sp³-hybridized carbons (Fsp3) is 0.450. The first-order chi connectivity index (χ1) is 12.2. The lowest BCUT2D eigenvalue weighted by Crippen LogP contribution is -2.46. The van der Waals surface area contributed by atoms with Crippen LogP contribution in [0.3, 0.4) is 0 Å². The van der Waals surface area contributed by atoms with Gasteiger partial charge in [0.25, 0.3) is 5.91 Å². The van der Waals surface area contributed by atoms with Gasteiger partial charge in [-0.25, -0.2) is 0 Å². The van der Waals surface area contributed by atoms with E-state index >= 15 is 0 Å². The highest BCUT2D eigenvalue weighted by molar-refractivity contribution is 5.99. The molecule has 25 heavy (non-hydrogen) atoms. The summed E-state index contributed by atoms with van der Waals surface area (Å²) in [5.74, 6) is 0.353. The van der Waals surface area contributed by atoms with E-state index in [2.05, 4.69) is 6.58 Å². The third kappa shape index (κ3) is 2.77. The predicted molar refractivity (Wildman–Crippen MR) is 94.7 cm³/mol. The van der Waals surface area contributed by atoms with Crippen molar-refractivity contribution in [2.75, 3.05) is 19.8 Å². The summed E-state index contributed by atoms with van der Waals surface area (Å²) in [7, 11) is 0. The summed E-state index contributed by atoms with van der Waals surface area (Å²) in [6.07, 6.45) is 3.49. The molecule has 1 aromatic heterocycles. The van der Waals surface area contributed by atoms with Crippen molar-refractivity contribution in [1.29, 1.82) is 0 Å². The van der Waals surface area contributed by atoms with Gasteiger partial charge in [-0.15, -0.1) is 6.58 Å². The van der Waals surface area contributed by atoms with Gasteiger partial charge >= 0.3 is 0 Å². The molecule has 1 aliphatic heterocycles. The number of nitrogens with zero attached hydrogens (tertiary/aromatic N) is 1. The Bertz CT molecular complexity index is 796. The molecule has 4 rings (SSSR count). The molecule has 1 saturated heterocycles. The largest absolute Gasteiger partial charge is 0.451 e. The normalized spacial score (nSPS) is 26.0. The van der Waals surface area contributed by atoms with Crippen LogP contribution in [0.5, 0.6) is 0 Å². The first-order valence-corrected chi connectivity index (χ1v) is 8.84. The van der Waals surface area contributed by atoms with Gasteiger partial charge in [0.05, 0.1) is 25.4 Å². The Hall–Kier alpha value is -2.11. The number of para-hydroxylation sites is 1. The molecule has 1 aliphatic carbocycles. The molecule has 5 nitrogen and oxygen atoms in total. The number of furan rings is 1. The number of benzene rings is 1. The van der Waals surface area contributed by atoms with E-state index in [9.17, 15) is 4.79 Å². The van der Waals surface area contributed by atoms with Gasteiger partial charge in [0, 0.05) is 17.5 Å². The van der Waals surface area contributed by atoms with Gasteiger partial charge in [-0.3, -0.25) is 4.79 Å². The molecule has 2 aromatic rings. The monoisotopic (exact) mass is 341 g/mol. The van der Waals surface area contributed by atoms with E-state index in [1.54, 1.807) is 6.08 Å². The van der Waals surface area contributed by atoms with Crippen LogP contribution in [0.25, 0.3) is 11.0 Å².